The van der Waals surface area contributed by atoms with E-state index in [1.165, 1.54) is 12.2 Å². The molecule has 66 valence electrons. The molecule has 0 heterocycles. The summed E-state index contributed by atoms with van der Waals surface area (Å²) in [5.74, 6) is 0.186. The monoisotopic (exact) mass is 166 g/mol. The summed E-state index contributed by atoms with van der Waals surface area (Å²) in [6.45, 7) is 5.55. The standard InChI is InChI=1S/C10H14O2/c1-7(2)8-6-10(3,12)5-4-9(8)11/h4-7,12H,1-3H3. The summed E-state index contributed by atoms with van der Waals surface area (Å²) in [6.07, 6.45) is 4.58. The Morgan fingerprint density at radius 1 is 1.50 bits per heavy atom. The molecule has 0 radical (unpaired) electrons. The minimum absolute atomic E-state index is 0.0107. The maximum atomic E-state index is 11.3. The van der Waals surface area contributed by atoms with Crippen LogP contribution in [0.1, 0.15) is 20.8 Å². The van der Waals surface area contributed by atoms with Crippen LogP contribution in [-0.2, 0) is 4.79 Å². The minimum Gasteiger partial charge on any atom is -0.382 e. The molecule has 1 unspecified atom stereocenters. The molecule has 0 aromatic rings. The number of carbonyl (C=O) groups is 1. The second-order valence-corrected chi connectivity index (χ2v) is 3.68. The van der Waals surface area contributed by atoms with Gasteiger partial charge in [-0.25, -0.2) is 0 Å². The third-order valence-electron chi connectivity index (χ3n) is 1.93. The normalized spacial score (nSPS) is 29.4. The number of allylic oxidation sites excluding steroid dienone is 2. The van der Waals surface area contributed by atoms with E-state index in [1.54, 1.807) is 13.0 Å². The van der Waals surface area contributed by atoms with Crippen LogP contribution >= 0.6 is 0 Å². The smallest absolute Gasteiger partial charge is 0.181 e. The molecule has 0 saturated carbocycles. The van der Waals surface area contributed by atoms with Crippen LogP contribution in [0.5, 0.6) is 0 Å². The summed E-state index contributed by atoms with van der Waals surface area (Å²) in [4.78, 5) is 11.3. The lowest BCUT2D eigenvalue weighted by atomic mass is 9.88. The first kappa shape index (κ1) is 9.20. The Morgan fingerprint density at radius 3 is 2.50 bits per heavy atom. The fraction of sp³-hybridized carbons (Fsp3) is 0.500. The number of aliphatic hydroxyl groups is 1. The lowest BCUT2D eigenvalue weighted by Gasteiger charge is -2.21. The van der Waals surface area contributed by atoms with Gasteiger partial charge >= 0.3 is 0 Å². The first-order valence-corrected chi connectivity index (χ1v) is 4.11. The number of hydrogen-bond acceptors (Lipinski definition) is 2. The van der Waals surface area contributed by atoms with Gasteiger partial charge < -0.3 is 5.11 Å². The molecule has 2 nitrogen and oxygen atoms in total. The van der Waals surface area contributed by atoms with Crippen LogP contribution < -0.4 is 0 Å². The number of carbonyl (C=O) groups excluding carboxylic acids is 1. The molecule has 0 amide bonds. The minimum atomic E-state index is -0.951. The maximum Gasteiger partial charge on any atom is 0.181 e. The molecule has 1 atom stereocenters. The van der Waals surface area contributed by atoms with E-state index < -0.39 is 5.60 Å². The first-order valence-electron chi connectivity index (χ1n) is 4.11. The van der Waals surface area contributed by atoms with Gasteiger partial charge in [-0.3, -0.25) is 4.79 Å². The Labute approximate surface area is 72.6 Å². The van der Waals surface area contributed by atoms with Crippen LogP contribution in [0.25, 0.3) is 0 Å². The molecule has 0 fully saturated rings. The van der Waals surface area contributed by atoms with Gasteiger partial charge in [0.1, 0.15) is 0 Å². The van der Waals surface area contributed by atoms with Gasteiger partial charge in [0.15, 0.2) is 5.78 Å². The Balaban J connectivity index is 2.99. The number of hydrogen-bond donors (Lipinski definition) is 1. The third-order valence-corrected chi connectivity index (χ3v) is 1.93. The van der Waals surface area contributed by atoms with Crippen molar-refractivity contribution in [3.8, 4) is 0 Å². The summed E-state index contributed by atoms with van der Waals surface area (Å²) in [5.41, 5.74) is -0.254. The average molecular weight is 166 g/mol. The van der Waals surface area contributed by atoms with Crippen LogP contribution in [-0.4, -0.2) is 16.5 Å². The highest BCUT2D eigenvalue weighted by Gasteiger charge is 2.23. The van der Waals surface area contributed by atoms with Crippen LogP contribution in [0.4, 0.5) is 0 Å². The van der Waals surface area contributed by atoms with Crippen molar-refractivity contribution in [2.75, 3.05) is 0 Å². The molecule has 12 heavy (non-hydrogen) atoms. The second-order valence-electron chi connectivity index (χ2n) is 3.68. The fourth-order valence-electron chi connectivity index (χ4n) is 1.23. The van der Waals surface area contributed by atoms with E-state index >= 15 is 0 Å². The Hall–Kier alpha value is -0.890. The van der Waals surface area contributed by atoms with Crippen molar-refractivity contribution in [3.63, 3.8) is 0 Å². The largest absolute Gasteiger partial charge is 0.382 e. The molecule has 0 bridgehead atoms. The van der Waals surface area contributed by atoms with Gasteiger partial charge in [-0.1, -0.05) is 13.8 Å². The average Bonchev–Trinajstić information content (AvgIpc) is 1.94. The van der Waals surface area contributed by atoms with E-state index in [0.717, 1.165) is 0 Å². The highest BCUT2D eigenvalue weighted by atomic mass is 16.3. The summed E-state index contributed by atoms with van der Waals surface area (Å²) in [7, 11) is 0. The molecule has 0 aromatic carbocycles. The van der Waals surface area contributed by atoms with Gasteiger partial charge in [0.2, 0.25) is 0 Å². The summed E-state index contributed by atoms with van der Waals surface area (Å²) in [5, 5.41) is 9.60. The van der Waals surface area contributed by atoms with Gasteiger partial charge in [-0.05, 0) is 31.1 Å². The van der Waals surface area contributed by atoms with Gasteiger partial charge in [0, 0.05) is 5.57 Å². The number of ketones is 1. The van der Waals surface area contributed by atoms with Crippen LogP contribution in [0.2, 0.25) is 0 Å². The third kappa shape index (κ3) is 1.83. The highest BCUT2D eigenvalue weighted by molar-refractivity contribution is 6.05. The summed E-state index contributed by atoms with van der Waals surface area (Å²) in [6, 6.07) is 0. The predicted octanol–water partition coefficient (Wildman–Crippen LogP) is 1.46. The van der Waals surface area contributed by atoms with Crippen molar-refractivity contribution in [1.29, 1.82) is 0 Å². The van der Waals surface area contributed by atoms with Crippen LogP contribution in [0.3, 0.4) is 0 Å². The molecule has 0 spiro atoms. The van der Waals surface area contributed by atoms with Crippen LogP contribution in [0, 0.1) is 5.92 Å². The van der Waals surface area contributed by atoms with E-state index in [-0.39, 0.29) is 11.7 Å². The van der Waals surface area contributed by atoms with Crippen molar-refractivity contribution >= 4 is 5.78 Å². The molecule has 1 aliphatic carbocycles. The van der Waals surface area contributed by atoms with Gasteiger partial charge in [0.05, 0.1) is 5.60 Å². The van der Waals surface area contributed by atoms with Gasteiger partial charge in [-0.15, -0.1) is 0 Å². The van der Waals surface area contributed by atoms with Crippen molar-refractivity contribution in [2.45, 2.75) is 26.4 Å². The van der Waals surface area contributed by atoms with Gasteiger partial charge in [-0.2, -0.15) is 0 Å². The van der Waals surface area contributed by atoms with Crippen molar-refractivity contribution in [1.82, 2.24) is 0 Å². The highest BCUT2D eigenvalue weighted by Crippen LogP contribution is 2.22. The lowest BCUT2D eigenvalue weighted by molar-refractivity contribution is -0.112. The topological polar surface area (TPSA) is 37.3 Å². The van der Waals surface area contributed by atoms with Crippen molar-refractivity contribution in [2.24, 2.45) is 5.92 Å². The Morgan fingerprint density at radius 2 is 2.08 bits per heavy atom. The van der Waals surface area contributed by atoms with Crippen LogP contribution in [0.15, 0.2) is 23.8 Å². The SMILES string of the molecule is CC(C)C1=CC(C)(O)C=CC1=O. The van der Waals surface area contributed by atoms with E-state index in [0.29, 0.717) is 5.57 Å². The first-order chi connectivity index (χ1) is 5.42. The van der Waals surface area contributed by atoms with Crippen molar-refractivity contribution < 1.29 is 9.90 Å². The molecule has 2 heteroatoms. The molecule has 0 saturated heterocycles. The molecule has 1 aliphatic rings. The van der Waals surface area contributed by atoms with E-state index in [4.69, 9.17) is 0 Å². The Kier molecular flexibility index (Phi) is 2.20. The van der Waals surface area contributed by atoms with E-state index in [9.17, 15) is 9.90 Å². The molecule has 0 aromatic heterocycles. The maximum absolute atomic E-state index is 11.3. The fourth-order valence-corrected chi connectivity index (χ4v) is 1.23. The van der Waals surface area contributed by atoms with E-state index in [1.807, 2.05) is 13.8 Å². The van der Waals surface area contributed by atoms with Crippen molar-refractivity contribution in [3.05, 3.63) is 23.8 Å². The zero-order chi connectivity index (χ0) is 9.35. The predicted molar refractivity (Wildman–Crippen MR) is 47.7 cm³/mol. The van der Waals surface area contributed by atoms with E-state index in [2.05, 4.69) is 0 Å². The lowest BCUT2D eigenvalue weighted by Crippen LogP contribution is -2.25. The summed E-state index contributed by atoms with van der Waals surface area (Å²) >= 11 is 0. The second kappa shape index (κ2) is 2.87. The number of rotatable bonds is 1. The quantitative estimate of drug-likeness (QED) is 0.640. The molecule has 1 rings (SSSR count). The molecule has 1 N–H and O–H groups in total. The molecule has 0 aliphatic heterocycles. The Bertz CT molecular complexity index is 257. The molecular weight excluding hydrogens is 152 g/mol. The zero-order valence-electron chi connectivity index (χ0n) is 7.66. The summed E-state index contributed by atoms with van der Waals surface area (Å²) < 4.78 is 0. The molecular formula is C10H14O2. The zero-order valence-corrected chi connectivity index (χ0v) is 7.66. The van der Waals surface area contributed by atoms with Gasteiger partial charge in [0.25, 0.3) is 0 Å².